The van der Waals surface area contributed by atoms with E-state index in [4.69, 9.17) is 5.73 Å². The summed E-state index contributed by atoms with van der Waals surface area (Å²) in [4.78, 5) is 2.69. The number of rotatable bonds is 3. The van der Waals surface area contributed by atoms with Gasteiger partial charge in [0.25, 0.3) is 0 Å². The minimum absolute atomic E-state index is 0.245. The van der Waals surface area contributed by atoms with Crippen LogP contribution in [-0.4, -0.2) is 18.6 Å². The zero-order valence-corrected chi connectivity index (χ0v) is 12.9. The molecule has 110 valence electrons. The van der Waals surface area contributed by atoms with Crippen LogP contribution in [0.15, 0.2) is 18.2 Å². The van der Waals surface area contributed by atoms with E-state index in [1.165, 1.54) is 55.5 Å². The molecule has 2 aliphatic rings. The van der Waals surface area contributed by atoms with Gasteiger partial charge in [-0.15, -0.1) is 0 Å². The molecule has 3 atom stereocenters. The Hall–Kier alpha value is -1.02. The number of benzene rings is 1. The highest BCUT2D eigenvalue weighted by atomic mass is 15.2. The van der Waals surface area contributed by atoms with Crippen LogP contribution in [0, 0.1) is 12.8 Å². The van der Waals surface area contributed by atoms with Gasteiger partial charge in [0.15, 0.2) is 0 Å². The van der Waals surface area contributed by atoms with Gasteiger partial charge >= 0.3 is 0 Å². The van der Waals surface area contributed by atoms with Crippen molar-refractivity contribution in [3.8, 4) is 0 Å². The van der Waals surface area contributed by atoms with E-state index in [1.807, 2.05) is 0 Å². The summed E-state index contributed by atoms with van der Waals surface area (Å²) in [5, 5.41) is 0. The predicted octanol–water partition coefficient (Wildman–Crippen LogP) is 3.65. The fourth-order valence-electron chi connectivity index (χ4n) is 4.24. The SMILES string of the molecule is Cc1cc(CC(C)N)ccc1N1CCC2CCCCC21. The van der Waals surface area contributed by atoms with Crippen LogP contribution < -0.4 is 10.6 Å². The monoisotopic (exact) mass is 272 g/mol. The Morgan fingerprint density at radius 1 is 1.25 bits per heavy atom. The first-order valence-electron chi connectivity index (χ1n) is 8.27. The zero-order chi connectivity index (χ0) is 14.1. The van der Waals surface area contributed by atoms with Gasteiger partial charge in [0, 0.05) is 24.3 Å². The molecule has 20 heavy (non-hydrogen) atoms. The van der Waals surface area contributed by atoms with Crippen molar-refractivity contribution in [2.24, 2.45) is 11.7 Å². The van der Waals surface area contributed by atoms with Gasteiger partial charge in [-0.1, -0.05) is 25.0 Å². The van der Waals surface area contributed by atoms with Crippen molar-refractivity contribution < 1.29 is 0 Å². The molecule has 0 aromatic heterocycles. The highest BCUT2D eigenvalue weighted by Crippen LogP contribution is 2.39. The van der Waals surface area contributed by atoms with E-state index in [1.54, 1.807) is 0 Å². The lowest BCUT2D eigenvalue weighted by molar-refractivity contribution is 0.342. The van der Waals surface area contributed by atoms with Crippen molar-refractivity contribution in [3.63, 3.8) is 0 Å². The highest BCUT2D eigenvalue weighted by Gasteiger charge is 2.36. The molecule has 1 aliphatic carbocycles. The lowest BCUT2D eigenvalue weighted by atomic mass is 9.85. The Balaban J connectivity index is 1.80. The fourth-order valence-corrected chi connectivity index (χ4v) is 4.24. The summed E-state index contributed by atoms with van der Waals surface area (Å²) in [5.41, 5.74) is 10.2. The van der Waals surface area contributed by atoms with E-state index in [0.29, 0.717) is 0 Å². The Kier molecular flexibility index (Phi) is 4.02. The van der Waals surface area contributed by atoms with Gasteiger partial charge in [0.1, 0.15) is 0 Å². The maximum absolute atomic E-state index is 5.91. The van der Waals surface area contributed by atoms with Crippen LogP contribution in [0.2, 0.25) is 0 Å². The molecule has 1 aromatic rings. The molecule has 3 unspecified atom stereocenters. The third-order valence-corrected chi connectivity index (χ3v) is 5.14. The van der Waals surface area contributed by atoms with Crippen LogP contribution in [0.5, 0.6) is 0 Å². The highest BCUT2D eigenvalue weighted by molar-refractivity contribution is 5.56. The molecule has 2 fully saturated rings. The van der Waals surface area contributed by atoms with Crippen molar-refractivity contribution in [1.82, 2.24) is 0 Å². The minimum Gasteiger partial charge on any atom is -0.368 e. The summed E-state index contributed by atoms with van der Waals surface area (Å²) < 4.78 is 0. The summed E-state index contributed by atoms with van der Waals surface area (Å²) in [6, 6.07) is 8.01. The van der Waals surface area contributed by atoms with Crippen molar-refractivity contribution in [3.05, 3.63) is 29.3 Å². The second kappa shape index (κ2) is 5.77. The molecule has 1 saturated carbocycles. The van der Waals surface area contributed by atoms with Gasteiger partial charge in [-0.25, -0.2) is 0 Å². The van der Waals surface area contributed by atoms with E-state index >= 15 is 0 Å². The van der Waals surface area contributed by atoms with Crippen molar-refractivity contribution in [2.45, 2.75) is 64.5 Å². The first-order valence-corrected chi connectivity index (χ1v) is 8.27. The molecular weight excluding hydrogens is 244 g/mol. The van der Waals surface area contributed by atoms with Gasteiger partial charge < -0.3 is 10.6 Å². The molecule has 2 nitrogen and oxygen atoms in total. The summed E-state index contributed by atoms with van der Waals surface area (Å²) in [6.45, 7) is 5.59. The van der Waals surface area contributed by atoms with Crippen LogP contribution in [0.3, 0.4) is 0 Å². The smallest absolute Gasteiger partial charge is 0.0398 e. The molecule has 2 N–H and O–H groups in total. The third-order valence-electron chi connectivity index (χ3n) is 5.14. The largest absolute Gasteiger partial charge is 0.368 e. The molecule has 1 saturated heterocycles. The molecular formula is C18H28N2. The standard InChI is InChI=1S/C18H28N2/c1-13-11-15(12-14(2)19)7-8-17(13)20-10-9-16-5-3-4-6-18(16)20/h7-8,11,14,16,18H,3-6,9-10,12,19H2,1-2H3. The summed E-state index contributed by atoms with van der Waals surface area (Å²) in [7, 11) is 0. The van der Waals surface area contributed by atoms with E-state index < -0.39 is 0 Å². The second-order valence-corrected chi connectivity index (χ2v) is 6.90. The maximum atomic E-state index is 5.91. The quantitative estimate of drug-likeness (QED) is 0.910. The molecule has 0 bridgehead atoms. The van der Waals surface area contributed by atoms with E-state index in [-0.39, 0.29) is 6.04 Å². The Morgan fingerprint density at radius 2 is 2.05 bits per heavy atom. The Morgan fingerprint density at radius 3 is 2.80 bits per heavy atom. The predicted molar refractivity (Wildman–Crippen MR) is 86.2 cm³/mol. The lowest BCUT2D eigenvalue weighted by Gasteiger charge is -2.34. The molecule has 3 rings (SSSR count). The van der Waals surface area contributed by atoms with Crippen LogP contribution >= 0.6 is 0 Å². The fraction of sp³-hybridized carbons (Fsp3) is 0.667. The molecule has 1 aromatic carbocycles. The summed E-state index contributed by atoms with van der Waals surface area (Å²) >= 11 is 0. The number of nitrogens with zero attached hydrogens (tertiary/aromatic N) is 1. The molecule has 0 amide bonds. The number of hydrogen-bond donors (Lipinski definition) is 1. The molecule has 0 spiro atoms. The van der Waals surface area contributed by atoms with Crippen molar-refractivity contribution in [2.75, 3.05) is 11.4 Å². The number of fused-ring (bicyclic) bond motifs is 1. The van der Waals surface area contributed by atoms with E-state index in [2.05, 4.69) is 36.9 Å². The first kappa shape index (κ1) is 13.9. The molecule has 1 aliphatic heterocycles. The maximum Gasteiger partial charge on any atom is 0.0398 e. The minimum atomic E-state index is 0.245. The van der Waals surface area contributed by atoms with Gasteiger partial charge in [0.2, 0.25) is 0 Å². The number of nitrogens with two attached hydrogens (primary N) is 1. The van der Waals surface area contributed by atoms with E-state index in [0.717, 1.165) is 18.4 Å². The van der Waals surface area contributed by atoms with Crippen LogP contribution in [0.4, 0.5) is 5.69 Å². The summed E-state index contributed by atoms with van der Waals surface area (Å²) in [6.07, 6.45) is 8.08. The van der Waals surface area contributed by atoms with Gasteiger partial charge in [-0.3, -0.25) is 0 Å². The summed E-state index contributed by atoms with van der Waals surface area (Å²) in [5.74, 6) is 0.951. The number of hydrogen-bond acceptors (Lipinski definition) is 2. The number of anilines is 1. The first-order chi connectivity index (χ1) is 9.65. The number of aryl methyl sites for hydroxylation is 1. The lowest BCUT2D eigenvalue weighted by Crippen LogP contribution is -2.35. The third kappa shape index (κ3) is 2.71. The average Bonchev–Trinajstić information content (AvgIpc) is 2.82. The van der Waals surface area contributed by atoms with Crippen LogP contribution in [0.1, 0.15) is 50.2 Å². The van der Waals surface area contributed by atoms with Crippen molar-refractivity contribution >= 4 is 5.69 Å². The Labute approximate surface area is 123 Å². The van der Waals surface area contributed by atoms with Gasteiger partial charge in [0.05, 0.1) is 0 Å². The molecule has 0 radical (unpaired) electrons. The normalized spacial score (nSPS) is 27.4. The second-order valence-electron chi connectivity index (χ2n) is 6.90. The van der Waals surface area contributed by atoms with Gasteiger partial charge in [-0.2, -0.15) is 0 Å². The van der Waals surface area contributed by atoms with Crippen LogP contribution in [0.25, 0.3) is 0 Å². The Bertz CT molecular complexity index is 466. The topological polar surface area (TPSA) is 29.3 Å². The van der Waals surface area contributed by atoms with E-state index in [9.17, 15) is 0 Å². The van der Waals surface area contributed by atoms with Gasteiger partial charge in [-0.05, 0) is 62.6 Å². The zero-order valence-electron chi connectivity index (χ0n) is 12.9. The average molecular weight is 272 g/mol. The molecule has 1 heterocycles. The van der Waals surface area contributed by atoms with Crippen LogP contribution in [-0.2, 0) is 6.42 Å². The van der Waals surface area contributed by atoms with Crippen molar-refractivity contribution in [1.29, 1.82) is 0 Å². The molecule has 2 heteroatoms.